The van der Waals surface area contributed by atoms with Crippen molar-refractivity contribution in [3.63, 3.8) is 0 Å². The number of anilines is 1. The van der Waals surface area contributed by atoms with E-state index in [4.69, 9.17) is 25.2 Å². The lowest BCUT2D eigenvalue weighted by Crippen LogP contribution is -2.37. The summed E-state index contributed by atoms with van der Waals surface area (Å²) >= 11 is 0. The van der Waals surface area contributed by atoms with E-state index in [1.807, 2.05) is 24.3 Å². The Labute approximate surface area is 199 Å². The number of ether oxygens (including phenoxy) is 3. The molecule has 0 fully saturated rings. The van der Waals surface area contributed by atoms with Gasteiger partial charge in [0.2, 0.25) is 5.91 Å². The molecule has 0 unspecified atom stereocenters. The number of hydroxylamine groups is 1. The number of hydrogen-bond donors (Lipinski definition) is 4. The average molecular weight is 472 g/mol. The summed E-state index contributed by atoms with van der Waals surface area (Å²) in [6.45, 7) is 0.728. The van der Waals surface area contributed by atoms with Gasteiger partial charge in [-0.2, -0.15) is 0 Å². The summed E-state index contributed by atoms with van der Waals surface area (Å²) in [5.41, 5.74) is 10.5. The van der Waals surface area contributed by atoms with E-state index in [2.05, 4.69) is 11.4 Å². The SMILES string of the molecule is COc1cc2cc(c1)COc1ccccc1NC(=O)[C@H](C[C@H](N)CCCC(=O)NO)OCCC2. The van der Waals surface area contributed by atoms with Crippen molar-refractivity contribution in [2.24, 2.45) is 5.73 Å². The van der Waals surface area contributed by atoms with Crippen LogP contribution >= 0.6 is 0 Å². The van der Waals surface area contributed by atoms with Gasteiger partial charge in [0.05, 0.1) is 12.8 Å². The smallest absolute Gasteiger partial charge is 0.253 e. The molecule has 0 saturated carbocycles. The van der Waals surface area contributed by atoms with Crippen LogP contribution in [-0.2, 0) is 27.4 Å². The van der Waals surface area contributed by atoms with Crippen LogP contribution in [0.5, 0.6) is 11.5 Å². The average Bonchev–Trinajstić information content (AvgIpc) is 2.84. The van der Waals surface area contributed by atoms with Crippen molar-refractivity contribution >= 4 is 17.5 Å². The maximum Gasteiger partial charge on any atom is 0.253 e. The van der Waals surface area contributed by atoms with Crippen molar-refractivity contribution in [1.29, 1.82) is 0 Å². The molecule has 0 spiro atoms. The predicted molar refractivity (Wildman–Crippen MR) is 127 cm³/mol. The second kappa shape index (κ2) is 12.9. The van der Waals surface area contributed by atoms with E-state index < -0.39 is 12.0 Å². The molecule has 1 aliphatic rings. The first kappa shape index (κ1) is 25.5. The fourth-order valence-corrected chi connectivity index (χ4v) is 3.87. The normalized spacial score (nSPS) is 17.4. The number of para-hydroxylation sites is 2. The van der Waals surface area contributed by atoms with Crippen LogP contribution in [0.15, 0.2) is 42.5 Å². The second-order valence-electron chi connectivity index (χ2n) is 8.35. The van der Waals surface area contributed by atoms with Gasteiger partial charge in [-0.05, 0) is 67.5 Å². The highest BCUT2D eigenvalue weighted by molar-refractivity contribution is 5.95. The molecule has 5 N–H and O–H groups in total. The molecule has 2 atom stereocenters. The van der Waals surface area contributed by atoms with E-state index in [-0.39, 0.29) is 18.4 Å². The summed E-state index contributed by atoms with van der Waals surface area (Å²) in [4.78, 5) is 24.3. The molecule has 2 aromatic carbocycles. The van der Waals surface area contributed by atoms with Gasteiger partial charge in [0.25, 0.3) is 5.91 Å². The van der Waals surface area contributed by atoms with Gasteiger partial charge in [-0.1, -0.05) is 18.2 Å². The van der Waals surface area contributed by atoms with E-state index in [1.165, 1.54) is 0 Å². The first-order chi connectivity index (χ1) is 16.5. The van der Waals surface area contributed by atoms with Crippen molar-refractivity contribution in [3.05, 3.63) is 53.6 Å². The Hall–Kier alpha value is -3.14. The Bertz CT molecular complexity index is 967. The Morgan fingerprint density at radius 3 is 2.88 bits per heavy atom. The van der Waals surface area contributed by atoms with Crippen LogP contribution in [0, 0.1) is 0 Å². The van der Waals surface area contributed by atoms with E-state index in [0.717, 1.165) is 29.7 Å². The molecule has 3 rings (SSSR count). The molecule has 0 aromatic heterocycles. The minimum Gasteiger partial charge on any atom is -0.497 e. The second-order valence-corrected chi connectivity index (χ2v) is 8.35. The van der Waals surface area contributed by atoms with Crippen LogP contribution in [0.3, 0.4) is 0 Å². The van der Waals surface area contributed by atoms with E-state index >= 15 is 0 Å². The fraction of sp³-hybridized carbons (Fsp3) is 0.440. The Kier molecular flexibility index (Phi) is 9.69. The lowest BCUT2D eigenvalue weighted by molar-refractivity contribution is -0.130. The molecule has 9 nitrogen and oxygen atoms in total. The number of hydrogen-bond acceptors (Lipinski definition) is 7. The number of fused-ring (bicyclic) bond motifs is 3. The Morgan fingerprint density at radius 2 is 2.09 bits per heavy atom. The molecule has 34 heavy (non-hydrogen) atoms. The van der Waals surface area contributed by atoms with Gasteiger partial charge in [-0.25, -0.2) is 5.48 Å². The summed E-state index contributed by atoms with van der Waals surface area (Å²) < 4.78 is 17.4. The standard InChI is InChI=1S/C25H33N3O6/c1-32-20-13-17-6-5-11-33-23(15-19(26)7-4-10-24(29)28-31)25(30)27-21-8-2-3-9-22(21)34-16-18(12-17)14-20/h2-3,8-9,12-14,19,23,31H,4-7,10-11,15-16,26H2,1H3,(H,27,30)(H,28,29)/t19-,23+/m1/s1. The number of nitrogens with one attached hydrogen (secondary N) is 2. The van der Waals surface area contributed by atoms with Crippen LogP contribution in [-0.4, -0.2) is 42.9 Å². The summed E-state index contributed by atoms with van der Waals surface area (Å²) in [6.07, 6.45) is 2.22. The van der Waals surface area contributed by atoms with E-state index in [0.29, 0.717) is 43.9 Å². The third-order valence-corrected chi connectivity index (χ3v) is 5.64. The Morgan fingerprint density at radius 1 is 1.29 bits per heavy atom. The number of nitrogens with two attached hydrogens (primary N) is 1. The quantitative estimate of drug-likeness (QED) is 0.361. The lowest BCUT2D eigenvalue weighted by Gasteiger charge is -2.22. The van der Waals surface area contributed by atoms with Gasteiger partial charge in [-0.3, -0.25) is 14.8 Å². The zero-order chi connectivity index (χ0) is 24.3. The molecule has 1 aliphatic heterocycles. The van der Waals surface area contributed by atoms with Gasteiger partial charge in [0, 0.05) is 19.1 Å². The molecular formula is C25H33N3O6. The van der Waals surface area contributed by atoms with Crippen molar-refractivity contribution < 1.29 is 29.0 Å². The lowest BCUT2D eigenvalue weighted by atomic mass is 10.0. The third kappa shape index (κ3) is 7.72. The molecule has 0 aliphatic carbocycles. The largest absolute Gasteiger partial charge is 0.497 e. The molecular weight excluding hydrogens is 438 g/mol. The first-order valence-corrected chi connectivity index (χ1v) is 11.5. The summed E-state index contributed by atoms with van der Waals surface area (Å²) in [7, 11) is 1.64. The van der Waals surface area contributed by atoms with Gasteiger partial charge in [0.15, 0.2) is 0 Å². The van der Waals surface area contributed by atoms with E-state index in [1.54, 1.807) is 24.7 Å². The molecule has 2 aromatic rings. The zero-order valence-corrected chi connectivity index (χ0v) is 19.4. The number of amides is 2. The zero-order valence-electron chi connectivity index (χ0n) is 19.4. The van der Waals surface area contributed by atoms with Crippen molar-refractivity contribution in [2.45, 2.75) is 57.3 Å². The van der Waals surface area contributed by atoms with Crippen LogP contribution < -0.4 is 26.0 Å². The highest BCUT2D eigenvalue weighted by atomic mass is 16.5. The molecule has 184 valence electrons. The van der Waals surface area contributed by atoms with Gasteiger partial charge in [0.1, 0.15) is 24.2 Å². The molecule has 9 heteroatoms. The first-order valence-electron chi connectivity index (χ1n) is 11.5. The third-order valence-electron chi connectivity index (χ3n) is 5.64. The summed E-state index contributed by atoms with van der Waals surface area (Å²) in [5, 5.41) is 11.5. The summed E-state index contributed by atoms with van der Waals surface area (Å²) in [5.74, 6) is 0.563. The minimum absolute atomic E-state index is 0.162. The maximum absolute atomic E-state index is 13.1. The highest BCUT2D eigenvalue weighted by Crippen LogP contribution is 2.27. The van der Waals surface area contributed by atoms with Crippen molar-refractivity contribution in [3.8, 4) is 11.5 Å². The number of rotatable bonds is 7. The van der Waals surface area contributed by atoms with Crippen LogP contribution in [0.25, 0.3) is 0 Å². The molecule has 2 bridgehead atoms. The van der Waals surface area contributed by atoms with Crippen LogP contribution in [0.1, 0.15) is 43.2 Å². The van der Waals surface area contributed by atoms with Crippen LogP contribution in [0.4, 0.5) is 5.69 Å². The van der Waals surface area contributed by atoms with E-state index in [9.17, 15) is 9.59 Å². The van der Waals surface area contributed by atoms with Gasteiger partial charge >= 0.3 is 0 Å². The van der Waals surface area contributed by atoms with Gasteiger partial charge in [-0.15, -0.1) is 0 Å². The number of benzene rings is 2. The topological polar surface area (TPSA) is 132 Å². The molecule has 0 radical (unpaired) electrons. The van der Waals surface area contributed by atoms with Crippen molar-refractivity contribution in [1.82, 2.24) is 5.48 Å². The van der Waals surface area contributed by atoms with Crippen LogP contribution in [0.2, 0.25) is 0 Å². The molecule has 2 amide bonds. The molecule has 1 heterocycles. The molecule has 0 saturated heterocycles. The monoisotopic (exact) mass is 471 g/mol. The summed E-state index contributed by atoms with van der Waals surface area (Å²) in [6, 6.07) is 12.9. The number of carbonyl (C=O) groups excluding carboxylic acids is 2. The predicted octanol–water partition coefficient (Wildman–Crippen LogP) is 2.94. The minimum atomic E-state index is -0.751. The maximum atomic E-state index is 13.1. The number of methoxy groups -OCH3 is 1. The fourth-order valence-electron chi connectivity index (χ4n) is 3.87. The Balaban J connectivity index is 1.75. The highest BCUT2D eigenvalue weighted by Gasteiger charge is 2.24. The number of carbonyl (C=O) groups is 2. The number of aryl methyl sites for hydroxylation is 1. The van der Waals surface area contributed by atoms with Gasteiger partial charge < -0.3 is 25.3 Å². The van der Waals surface area contributed by atoms with Crippen molar-refractivity contribution in [2.75, 3.05) is 19.0 Å².